The van der Waals surface area contributed by atoms with E-state index < -0.39 is 34.7 Å². The Bertz CT molecular complexity index is 1740. The lowest BCUT2D eigenvalue weighted by Crippen LogP contribution is -2.44. The van der Waals surface area contributed by atoms with Gasteiger partial charge in [-0.05, 0) is 34.7 Å². The Labute approximate surface area is 285 Å². The van der Waals surface area contributed by atoms with E-state index in [9.17, 15) is 14.3 Å². The maximum Gasteiger partial charge on any atom is 0.167 e. The van der Waals surface area contributed by atoms with E-state index in [1.54, 1.807) is 24.3 Å². The number of ether oxygens (including phenoxy) is 2. The van der Waals surface area contributed by atoms with Crippen LogP contribution in [0.1, 0.15) is 45.5 Å². The van der Waals surface area contributed by atoms with E-state index in [1.165, 1.54) is 12.1 Å². The third kappa shape index (κ3) is 6.64. The fourth-order valence-electron chi connectivity index (χ4n) is 7.03. The fourth-order valence-corrected chi connectivity index (χ4v) is 7.42. The molecular formula is C41H36F2O4S. The molecule has 1 heterocycles. The summed E-state index contributed by atoms with van der Waals surface area (Å²) in [4.78, 5) is 13.5. The Morgan fingerprint density at radius 1 is 0.812 bits per heavy atom. The highest BCUT2D eigenvalue weighted by molar-refractivity contribution is 7.80. The van der Waals surface area contributed by atoms with Crippen molar-refractivity contribution in [1.29, 1.82) is 0 Å². The van der Waals surface area contributed by atoms with E-state index in [4.69, 9.17) is 21.7 Å². The largest absolute Gasteiger partial charge is 0.396 e. The zero-order valence-corrected chi connectivity index (χ0v) is 27.1. The standard InChI is InChI=1S/C41H36F2O4S/c42-33-21-22-35(37(43)23-33)40(25-34(48)24-38(45)29-13-5-1-6-14-29)28-46-39(36(40)26-44)27-47-41(30-15-7-2-8-16-30,31-17-9-3-10-18-31)32-19-11-4-12-20-32/h1-23,36,39,44H,24-28H2/t36-,39-,40+/m1/s1. The maximum atomic E-state index is 15.7. The molecule has 5 aromatic rings. The average molecular weight is 663 g/mol. The molecule has 5 aromatic carbocycles. The number of rotatable bonds is 13. The predicted octanol–water partition coefficient (Wildman–Crippen LogP) is 8.25. The van der Waals surface area contributed by atoms with Crippen molar-refractivity contribution in [3.63, 3.8) is 0 Å². The lowest BCUT2D eigenvalue weighted by molar-refractivity contribution is -0.0603. The van der Waals surface area contributed by atoms with Gasteiger partial charge in [-0.2, -0.15) is 0 Å². The summed E-state index contributed by atoms with van der Waals surface area (Å²) < 4.78 is 43.3. The number of ketones is 1. The first-order valence-corrected chi connectivity index (χ1v) is 16.4. The van der Waals surface area contributed by atoms with Crippen LogP contribution in [-0.4, -0.2) is 41.7 Å². The molecule has 6 rings (SSSR count). The molecule has 0 bridgehead atoms. The SMILES string of the molecule is O=C(CC(=S)C[C@@]1(c2ccc(F)cc2F)CO[C@H](COC(c2ccccc2)(c2ccccc2)c2ccccc2)[C@H]1CO)c1ccccc1. The average Bonchev–Trinajstić information content (AvgIpc) is 3.47. The molecule has 0 aliphatic carbocycles. The summed E-state index contributed by atoms with van der Waals surface area (Å²) in [6.45, 7) is -0.358. The molecule has 0 radical (unpaired) electrons. The third-order valence-corrected chi connectivity index (χ3v) is 9.64. The second kappa shape index (κ2) is 14.8. The number of aliphatic hydroxyl groups excluding tert-OH is 1. The van der Waals surface area contributed by atoms with Crippen LogP contribution in [0.2, 0.25) is 0 Å². The Morgan fingerprint density at radius 2 is 1.33 bits per heavy atom. The normalized spacial score (nSPS) is 19.2. The van der Waals surface area contributed by atoms with Crippen LogP contribution in [0.15, 0.2) is 140 Å². The molecule has 0 saturated carbocycles. The van der Waals surface area contributed by atoms with Crippen LogP contribution in [0, 0.1) is 17.6 Å². The van der Waals surface area contributed by atoms with Crippen LogP contribution in [0.4, 0.5) is 8.78 Å². The highest BCUT2D eigenvalue weighted by Crippen LogP contribution is 2.48. The Kier molecular flexibility index (Phi) is 10.3. The molecule has 1 aliphatic rings. The summed E-state index contributed by atoms with van der Waals surface area (Å²) in [6.07, 6.45) is -0.656. The minimum Gasteiger partial charge on any atom is -0.396 e. The number of carbonyl (C=O) groups is 1. The monoisotopic (exact) mass is 662 g/mol. The highest BCUT2D eigenvalue weighted by Gasteiger charge is 2.53. The minimum atomic E-state index is -1.18. The summed E-state index contributed by atoms with van der Waals surface area (Å²) in [7, 11) is 0. The Balaban J connectivity index is 1.37. The number of halogens is 2. The second-order valence-corrected chi connectivity index (χ2v) is 12.8. The van der Waals surface area contributed by atoms with Gasteiger partial charge in [0.15, 0.2) is 5.78 Å². The zero-order chi connectivity index (χ0) is 33.6. The number of thiocarbonyl (C=S) groups is 1. The molecule has 1 saturated heterocycles. The van der Waals surface area contributed by atoms with Crippen molar-refractivity contribution in [3.05, 3.63) is 179 Å². The Hall–Kier alpha value is -4.40. The van der Waals surface area contributed by atoms with Gasteiger partial charge in [-0.3, -0.25) is 4.79 Å². The molecule has 4 nitrogen and oxygen atoms in total. The molecule has 0 spiro atoms. The quantitative estimate of drug-likeness (QED) is 0.0782. The van der Waals surface area contributed by atoms with Crippen LogP contribution in [0.5, 0.6) is 0 Å². The van der Waals surface area contributed by atoms with Gasteiger partial charge in [0, 0.05) is 40.9 Å². The van der Waals surface area contributed by atoms with Gasteiger partial charge in [-0.25, -0.2) is 8.78 Å². The molecule has 7 heteroatoms. The lowest BCUT2D eigenvalue weighted by atomic mass is 9.67. The number of Topliss-reactive ketones (excluding diaryl/α,β-unsaturated/α-hetero) is 1. The van der Waals surface area contributed by atoms with E-state index in [0.29, 0.717) is 10.4 Å². The van der Waals surface area contributed by atoms with Crippen molar-refractivity contribution in [2.24, 2.45) is 5.92 Å². The van der Waals surface area contributed by atoms with E-state index >= 15 is 4.39 Å². The van der Waals surface area contributed by atoms with Crippen LogP contribution < -0.4 is 0 Å². The number of carbonyl (C=O) groups excluding carboxylic acids is 1. The highest BCUT2D eigenvalue weighted by atomic mass is 32.1. The van der Waals surface area contributed by atoms with Crippen molar-refractivity contribution in [1.82, 2.24) is 0 Å². The van der Waals surface area contributed by atoms with Gasteiger partial charge < -0.3 is 14.6 Å². The minimum absolute atomic E-state index is 0.0104. The van der Waals surface area contributed by atoms with Crippen LogP contribution in [-0.2, 0) is 20.5 Å². The fraction of sp³-hybridized carbons (Fsp3) is 0.220. The molecule has 3 atom stereocenters. The molecule has 48 heavy (non-hydrogen) atoms. The lowest BCUT2D eigenvalue weighted by Gasteiger charge is -2.38. The van der Waals surface area contributed by atoms with Crippen molar-refractivity contribution in [2.75, 3.05) is 19.8 Å². The molecule has 1 aliphatic heterocycles. The number of hydrogen-bond donors (Lipinski definition) is 1. The van der Waals surface area contributed by atoms with Crippen molar-refractivity contribution >= 4 is 22.9 Å². The van der Waals surface area contributed by atoms with Gasteiger partial charge in [-0.1, -0.05) is 140 Å². The van der Waals surface area contributed by atoms with E-state index in [-0.39, 0.29) is 44.0 Å². The van der Waals surface area contributed by atoms with Gasteiger partial charge in [0.05, 0.1) is 19.3 Å². The Morgan fingerprint density at radius 3 is 1.83 bits per heavy atom. The first-order chi connectivity index (χ1) is 23.4. The van der Waals surface area contributed by atoms with Crippen molar-refractivity contribution in [2.45, 2.75) is 30.0 Å². The zero-order valence-electron chi connectivity index (χ0n) is 26.3. The topological polar surface area (TPSA) is 55.8 Å². The smallest absolute Gasteiger partial charge is 0.167 e. The van der Waals surface area contributed by atoms with Crippen LogP contribution >= 0.6 is 12.2 Å². The maximum absolute atomic E-state index is 15.7. The molecule has 1 N–H and O–H groups in total. The molecule has 244 valence electrons. The number of hydrogen-bond acceptors (Lipinski definition) is 5. The van der Waals surface area contributed by atoms with E-state index in [0.717, 1.165) is 22.8 Å². The van der Waals surface area contributed by atoms with E-state index in [2.05, 4.69) is 0 Å². The molecule has 0 unspecified atom stereocenters. The third-order valence-electron chi connectivity index (χ3n) is 9.35. The molecular weight excluding hydrogens is 627 g/mol. The summed E-state index contributed by atoms with van der Waals surface area (Å²) in [6, 6.07) is 41.9. The van der Waals surface area contributed by atoms with Gasteiger partial charge in [-0.15, -0.1) is 0 Å². The summed E-state index contributed by atoms with van der Waals surface area (Å²) in [5.41, 5.74) is 1.18. The van der Waals surface area contributed by atoms with Gasteiger partial charge in [0.25, 0.3) is 0 Å². The van der Waals surface area contributed by atoms with Crippen LogP contribution in [0.3, 0.4) is 0 Å². The first kappa shape index (κ1) is 33.5. The molecule has 1 fully saturated rings. The summed E-state index contributed by atoms with van der Waals surface area (Å²) >= 11 is 5.78. The van der Waals surface area contributed by atoms with Gasteiger partial charge in [0.1, 0.15) is 17.2 Å². The number of benzene rings is 5. The van der Waals surface area contributed by atoms with Gasteiger partial charge in [0.2, 0.25) is 0 Å². The summed E-state index contributed by atoms with van der Waals surface area (Å²) in [5.74, 6) is -2.33. The van der Waals surface area contributed by atoms with Crippen molar-refractivity contribution in [3.8, 4) is 0 Å². The van der Waals surface area contributed by atoms with Gasteiger partial charge >= 0.3 is 0 Å². The van der Waals surface area contributed by atoms with Crippen LogP contribution in [0.25, 0.3) is 0 Å². The predicted molar refractivity (Wildman–Crippen MR) is 186 cm³/mol. The molecule has 0 aromatic heterocycles. The molecule has 0 amide bonds. The first-order valence-electron chi connectivity index (χ1n) is 16.0. The summed E-state index contributed by atoms with van der Waals surface area (Å²) in [5, 5.41) is 11.0. The second-order valence-electron chi connectivity index (χ2n) is 12.2. The van der Waals surface area contributed by atoms with Crippen molar-refractivity contribution < 1.29 is 28.2 Å². The number of aliphatic hydroxyl groups is 1. The van der Waals surface area contributed by atoms with E-state index in [1.807, 2.05) is 97.1 Å².